The smallest absolute Gasteiger partial charge is 0.0464 e. The van der Waals surface area contributed by atoms with Gasteiger partial charge in [0.25, 0.3) is 0 Å². The summed E-state index contributed by atoms with van der Waals surface area (Å²) in [5.74, 6) is 0. The van der Waals surface area contributed by atoms with Crippen molar-refractivity contribution in [3.63, 3.8) is 0 Å². The van der Waals surface area contributed by atoms with Crippen molar-refractivity contribution in [2.24, 2.45) is 4.99 Å². The molecule has 0 fully saturated rings. The van der Waals surface area contributed by atoms with Crippen LogP contribution in [0.4, 0.5) is 0 Å². The molecule has 0 aliphatic carbocycles. The van der Waals surface area contributed by atoms with E-state index in [0.717, 1.165) is 6.42 Å². The quantitative estimate of drug-likeness (QED) is 0.406. The lowest BCUT2D eigenvalue weighted by Crippen LogP contribution is -1.94. The molecular formula is C11H23N. The second kappa shape index (κ2) is 8.76. The largest absolute Gasteiger partial charge is 0.295 e. The molecule has 1 atom stereocenters. The summed E-state index contributed by atoms with van der Waals surface area (Å²) in [5.41, 5.74) is 0. The second-order valence-electron chi connectivity index (χ2n) is 3.44. The zero-order chi connectivity index (χ0) is 9.23. The van der Waals surface area contributed by atoms with Gasteiger partial charge in [0.15, 0.2) is 0 Å². The third kappa shape index (κ3) is 7.77. The van der Waals surface area contributed by atoms with Gasteiger partial charge in [-0.1, -0.05) is 33.1 Å². The molecule has 0 saturated heterocycles. The Morgan fingerprint density at radius 2 is 1.92 bits per heavy atom. The summed E-state index contributed by atoms with van der Waals surface area (Å²) >= 11 is 0. The topological polar surface area (TPSA) is 12.4 Å². The molecule has 1 unspecified atom stereocenters. The van der Waals surface area contributed by atoms with Crippen LogP contribution in [-0.2, 0) is 0 Å². The Kier molecular flexibility index (Phi) is 8.52. The summed E-state index contributed by atoms with van der Waals surface area (Å²) in [6, 6.07) is 0.524. The lowest BCUT2D eigenvalue weighted by Gasteiger charge is -1.99. The van der Waals surface area contributed by atoms with E-state index in [1.165, 1.54) is 32.1 Å². The minimum Gasteiger partial charge on any atom is -0.295 e. The number of unbranched alkanes of at least 4 members (excludes halogenated alkanes) is 4. The fourth-order valence-corrected chi connectivity index (χ4v) is 1.02. The van der Waals surface area contributed by atoms with Crippen molar-refractivity contribution in [2.75, 3.05) is 0 Å². The number of rotatable bonds is 7. The molecule has 0 amide bonds. The lowest BCUT2D eigenvalue weighted by atomic mass is 10.2. The highest BCUT2D eigenvalue weighted by molar-refractivity contribution is 5.57. The van der Waals surface area contributed by atoms with Gasteiger partial charge in [0, 0.05) is 6.04 Å². The van der Waals surface area contributed by atoms with Crippen LogP contribution in [0.2, 0.25) is 0 Å². The maximum atomic E-state index is 4.42. The molecule has 0 N–H and O–H groups in total. The Morgan fingerprint density at radius 3 is 2.50 bits per heavy atom. The van der Waals surface area contributed by atoms with Crippen molar-refractivity contribution in [1.82, 2.24) is 0 Å². The van der Waals surface area contributed by atoms with Gasteiger partial charge in [0.05, 0.1) is 0 Å². The fourth-order valence-electron chi connectivity index (χ4n) is 1.02. The van der Waals surface area contributed by atoms with Crippen molar-refractivity contribution in [2.45, 2.75) is 65.3 Å². The summed E-state index contributed by atoms with van der Waals surface area (Å²) in [7, 11) is 0. The van der Waals surface area contributed by atoms with E-state index in [-0.39, 0.29) is 0 Å². The minimum atomic E-state index is 0.524. The van der Waals surface area contributed by atoms with Crippen LogP contribution in [0.1, 0.15) is 59.3 Å². The molecule has 12 heavy (non-hydrogen) atoms. The van der Waals surface area contributed by atoms with E-state index in [0.29, 0.717) is 6.04 Å². The first-order valence-electron chi connectivity index (χ1n) is 5.32. The van der Waals surface area contributed by atoms with Gasteiger partial charge in [0.2, 0.25) is 0 Å². The highest BCUT2D eigenvalue weighted by Gasteiger charge is 1.90. The molecule has 0 aromatic heterocycles. The van der Waals surface area contributed by atoms with Gasteiger partial charge in [0.1, 0.15) is 0 Å². The molecule has 72 valence electrons. The zero-order valence-corrected chi connectivity index (χ0v) is 8.84. The zero-order valence-electron chi connectivity index (χ0n) is 8.84. The lowest BCUT2D eigenvalue weighted by molar-refractivity contribution is 0.678. The fraction of sp³-hybridized carbons (Fsp3) is 0.909. The van der Waals surface area contributed by atoms with E-state index in [9.17, 15) is 0 Å². The van der Waals surface area contributed by atoms with Crippen LogP contribution < -0.4 is 0 Å². The molecular weight excluding hydrogens is 146 g/mol. The molecule has 0 aromatic carbocycles. The average Bonchev–Trinajstić information content (AvgIpc) is 2.10. The Balaban J connectivity index is 3.12. The highest BCUT2D eigenvalue weighted by atomic mass is 14.7. The molecule has 0 saturated carbocycles. The van der Waals surface area contributed by atoms with Gasteiger partial charge in [-0.05, 0) is 32.4 Å². The van der Waals surface area contributed by atoms with E-state index in [2.05, 4.69) is 32.0 Å². The average molecular weight is 169 g/mol. The van der Waals surface area contributed by atoms with Crippen LogP contribution >= 0.6 is 0 Å². The van der Waals surface area contributed by atoms with E-state index >= 15 is 0 Å². The Bertz CT molecular complexity index is 108. The molecule has 1 heteroatoms. The molecule has 0 spiro atoms. The third-order valence-electron chi connectivity index (χ3n) is 2.14. The van der Waals surface area contributed by atoms with E-state index in [1.54, 1.807) is 0 Å². The van der Waals surface area contributed by atoms with E-state index < -0.39 is 0 Å². The Labute approximate surface area is 77.3 Å². The summed E-state index contributed by atoms with van der Waals surface area (Å²) in [6.07, 6.45) is 9.80. The minimum absolute atomic E-state index is 0.524. The molecule has 0 aliphatic heterocycles. The number of hydrogen-bond acceptors (Lipinski definition) is 1. The number of aliphatic imine (C=N–C) groups is 1. The summed E-state index contributed by atoms with van der Waals surface area (Å²) in [5, 5.41) is 0. The van der Waals surface area contributed by atoms with E-state index in [1.807, 2.05) is 0 Å². The van der Waals surface area contributed by atoms with Crippen molar-refractivity contribution < 1.29 is 0 Å². The van der Waals surface area contributed by atoms with Gasteiger partial charge in [-0.2, -0.15) is 0 Å². The van der Waals surface area contributed by atoms with Crippen molar-refractivity contribution in [1.29, 1.82) is 0 Å². The SMILES string of the molecule is CCCCCCC=NC(C)CC. The van der Waals surface area contributed by atoms with Crippen molar-refractivity contribution in [3.05, 3.63) is 0 Å². The van der Waals surface area contributed by atoms with Gasteiger partial charge in [-0.3, -0.25) is 4.99 Å². The highest BCUT2D eigenvalue weighted by Crippen LogP contribution is 2.01. The predicted octanol–water partition coefficient (Wildman–Crippen LogP) is 3.83. The van der Waals surface area contributed by atoms with Crippen LogP contribution in [0, 0.1) is 0 Å². The molecule has 0 bridgehead atoms. The van der Waals surface area contributed by atoms with Crippen LogP contribution in [0.25, 0.3) is 0 Å². The second-order valence-corrected chi connectivity index (χ2v) is 3.44. The van der Waals surface area contributed by atoms with Gasteiger partial charge < -0.3 is 0 Å². The normalized spacial score (nSPS) is 13.9. The first-order valence-corrected chi connectivity index (χ1v) is 5.32. The third-order valence-corrected chi connectivity index (χ3v) is 2.14. The van der Waals surface area contributed by atoms with Crippen molar-refractivity contribution in [3.8, 4) is 0 Å². The van der Waals surface area contributed by atoms with Crippen LogP contribution in [0.15, 0.2) is 4.99 Å². The molecule has 0 rings (SSSR count). The van der Waals surface area contributed by atoms with Gasteiger partial charge in [-0.25, -0.2) is 0 Å². The molecule has 0 heterocycles. The number of hydrogen-bond donors (Lipinski definition) is 0. The van der Waals surface area contributed by atoms with E-state index in [4.69, 9.17) is 0 Å². The maximum Gasteiger partial charge on any atom is 0.0464 e. The monoisotopic (exact) mass is 169 g/mol. The standard InChI is InChI=1S/C11H23N/c1-4-6-7-8-9-10-12-11(3)5-2/h10-11H,4-9H2,1-3H3. The molecule has 0 aliphatic rings. The Morgan fingerprint density at radius 1 is 1.17 bits per heavy atom. The summed E-state index contributed by atoms with van der Waals surface area (Å²) < 4.78 is 0. The predicted molar refractivity (Wildman–Crippen MR) is 57.0 cm³/mol. The first-order chi connectivity index (χ1) is 5.81. The van der Waals surface area contributed by atoms with Gasteiger partial charge >= 0.3 is 0 Å². The summed E-state index contributed by atoms with van der Waals surface area (Å²) in [6.45, 7) is 6.59. The van der Waals surface area contributed by atoms with Crippen LogP contribution in [0.5, 0.6) is 0 Å². The van der Waals surface area contributed by atoms with Crippen molar-refractivity contribution >= 4 is 6.21 Å². The Hall–Kier alpha value is -0.330. The summed E-state index contributed by atoms with van der Waals surface area (Å²) in [4.78, 5) is 4.42. The molecule has 0 radical (unpaired) electrons. The molecule has 1 nitrogen and oxygen atoms in total. The molecule has 0 aromatic rings. The maximum absolute atomic E-state index is 4.42. The van der Waals surface area contributed by atoms with Gasteiger partial charge in [-0.15, -0.1) is 0 Å². The number of nitrogens with zero attached hydrogens (tertiary/aromatic N) is 1. The van der Waals surface area contributed by atoms with Crippen LogP contribution in [0.3, 0.4) is 0 Å². The first kappa shape index (κ1) is 11.7. The van der Waals surface area contributed by atoms with Crippen LogP contribution in [-0.4, -0.2) is 12.3 Å².